The van der Waals surface area contributed by atoms with Gasteiger partial charge in [0.2, 0.25) is 10.0 Å². The third-order valence-electron chi connectivity index (χ3n) is 5.02. The summed E-state index contributed by atoms with van der Waals surface area (Å²) in [5.74, 6) is 0.225. The second-order valence-corrected chi connectivity index (χ2v) is 9.44. The van der Waals surface area contributed by atoms with Crippen molar-refractivity contribution in [1.82, 2.24) is 9.62 Å². The number of rotatable bonds is 4. The van der Waals surface area contributed by atoms with Gasteiger partial charge in [-0.05, 0) is 50.9 Å². The maximum atomic E-state index is 11.8. The molecule has 0 atom stereocenters. The Morgan fingerprint density at radius 3 is 2.05 bits per heavy atom. The summed E-state index contributed by atoms with van der Waals surface area (Å²) in [5, 5.41) is 3.76. The summed E-state index contributed by atoms with van der Waals surface area (Å²) in [6.07, 6.45) is 7.04. The van der Waals surface area contributed by atoms with Gasteiger partial charge in [0.15, 0.2) is 0 Å². The molecule has 0 radical (unpaired) electrons. The van der Waals surface area contributed by atoms with Gasteiger partial charge in [-0.1, -0.05) is 13.8 Å². The molecule has 2 fully saturated rings. The highest BCUT2D eigenvalue weighted by atomic mass is 32.2. The Morgan fingerprint density at radius 2 is 1.55 bits per heavy atom. The second-order valence-electron chi connectivity index (χ2n) is 7.18. The lowest BCUT2D eigenvalue weighted by atomic mass is 9.75. The van der Waals surface area contributed by atoms with Gasteiger partial charge < -0.3 is 5.32 Å². The molecule has 20 heavy (non-hydrogen) atoms. The van der Waals surface area contributed by atoms with Crippen molar-refractivity contribution in [2.24, 2.45) is 5.41 Å². The van der Waals surface area contributed by atoms with Crippen LogP contribution in [-0.2, 0) is 10.0 Å². The first-order chi connectivity index (χ1) is 9.32. The molecule has 2 rings (SSSR count). The summed E-state index contributed by atoms with van der Waals surface area (Å²) in [5.41, 5.74) is 0.511. The predicted molar refractivity (Wildman–Crippen MR) is 83.2 cm³/mol. The molecule has 5 heteroatoms. The second kappa shape index (κ2) is 6.32. The fraction of sp³-hybridized carbons (Fsp3) is 1.00. The van der Waals surface area contributed by atoms with Gasteiger partial charge in [0.1, 0.15) is 0 Å². The molecule has 1 saturated heterocycles. The van der Waals surface area contributed by atoms with Crippen LogP contribution in [0, 0.1) is 5.41 Å². The monoisotopic (exact) mass is 302 g/mol. The Hall–Kier alpha value is -0.130. The van der Waals surface area contributed by atoms with E-state index in [1.54, 1.807) is 11.2 Å². The van der Waals surface area contributed by atoms with E-state index < -0.39 is 10.0 Å². The molecule has 1 aliphatic carbocycles. The molecule has 1 heterocycles. The molecule has 0 bridgehead atoms. The number of hydrogen-bond donors (Lipinski definition) is 1. The lowest BCUT2D eigenvalue weighted by molar-refractivity contribution is 0.184. The van der Waals surface area contributed by atoms with Crippen molar-refractivity contribution in [3.63, 3.8) is 0 Å². The van der Waals surface area contributed by atoms with E-state index in [2.05, 4.69) is 19.2 Å². The van der Waals surface area contributed by atoms with Crippen molar-refractivity contribution < 1.29 is 8.42 Å². The first-order valence-electron chi connectivity index (χ1n) is 8.06. The fourth-order valence-electron chi connectivity index (χ4n) is 3.38. The molecule has 1 N–H and O–H groups in total. The predicted octanol–water partition coefficient (Wildman–Crippen LogP) is 2.36. The minimum atomic E-state index is -2.99. The Balaban J connectivity index is 1.75. The molecule has 0 amide bonds. The highest BCUT2D eigenvalue weighted by Gasteiger charge is 2.30. The molecule has 0 unspecified atom stereocenters. The van der Waals surface area contributed by atoms with Gasteiger partial charge in [-0.25, -0.2) is 12.7 Å². The van der Waals surface area contributed by atoms with Crippen LogP contribution in [0.15, 0.2) is 0 Å². The topological polar surface area (TPSA) is 49.4 Å². The van der Waals surface area contributed by atoms with E-state index in [0.717, 1.165) is 12.8 Å². The normalized spacial score (nSPS) is 26.8. The van der Waals surface area contributed by atoms with Gasteiger partial charge in [-0.3, -0.25) is 0 Å². The molecule has 0 aromatic rings. The molecular formula is C15H30N2O2S. The summed E-state index contributed by atoms with van der Waals surface area (Å²) in [6.45, 7) is 7.82. The standard InChI is InChI=1S/C15H30N2O2S/c1-4-20(18,19)17-11-7-14(8-12-17)16-13-5-9-15(2,3)10-6-13/h13-14,16H,4-12H2,1-3H3. The van der Waals surface area contributed by atoms with Crippen molar-refractivity contribution >= 4 is 10.0 Å². The minimum Gasteiger partial charge on any atom is -0.311 e. The zero-order valence-corrected chi connectivity index (χ0v) is 14.0. The number of nitrogens with zero attached hydrogens (tertiary/aromatic N) is 1. The van der Waals surface area contributed by atoms with Crippen LogP contribution >= 0.6 is 0 Å². The van der Waals surface area contributed by atoms with Crippen LogP contribution in [0.3, 0.4) is 0 Å². The minimum absolute atomic E-state index is 0.225. The summed E-state index contributed by atoms with van der Waals surface area (Å²) < 4.78 is 25.3. The maximum Gasteiger partial charge on any atom is 0.213 e. The van der Waals surface area contributed by atoms with Crippen LogP contribution in [-0.4, -0.2) is 43.6 Å². The van der Waals surface area contributed by atoms with Crippen molar-refractivity contribution in [3.05, 3.63) is 0 Å². The SMILES string of the molecule is CCS(=O)(=O)N1CCC(NC2CCC(C)(C)CC2)CC1. The highest BCUT2D eigenvalue weighted by molar-refractivity contribution is 7.89. The Bertz CT molecular complexity index is 402. The summed E-state index contributed by atoms with van der Waals surface area (Å²) in [6, 6.07) is 1.15. The van der Waals surface area contributed by atoms with Crippen molar-refractivity contribution in [1.29, 1.82) is 0 Å². The van der Waals surface area contributed by atoms with Crippen molar-refractivity contribution in [3.8, 4) is 0 Å². The van der Waals surface area contributed by atoms with Crippen molar-refractivity contribution in [2.75, 3.05) is 18.8 Å². The molecule has 0 aromatic carbocycles. The van der Waals surface area contributed by atoms with Crippen LogP contribution in [0.25, 0.3) is 0 Å². The zero-order valence-electron chi connectivity index (χ0n) is 13.2. The Labute approximate surface area is 124 Å². The first kappa shape index (κ1) is 16.2. The van der Waals surface area contributed by atoms with Crippen LogP contribution in [0.2, 0.25) is 0 Å². The summed E-state index contributed by atoms with van der Waals surface area (Å²) in [4.78, 5) is 0. The number of hydrogen-bond acceptors (Lipinski definition) is 3. The van der Waals surface area contributed by atoms with E-state index in [4.69, 9.17) is 0 Å². The molecule has 4 nitrogen and oxygen atoms in total. The van der Waals surface area contributed by atoms with Gasteiger partial charge in [0, 0.05) is 25.2 Å². The van der Waals surface area contributed by atoms with Gasteiger partial charge in [0.25, 0.3) is 0 Å². The number of nitrogens with one attached hydrogen (secondary N) is 1. The van der Waals surface area contributed by atoms with Crippen molar-refractivity contribution in [2.45, 2.75) is 71.4 Å². The molecular weight excluding hydrogens is 272 g/mol. The highest BCUT2D eigenvalue weighted by Crippen LogP contribution is 2.35. The number of sulfonamides is 1. The smallest absolute Gasteiger partial charge is 0.213 e. The molecule has 0 spiro atoms. The summed E-state index contributed by atoms with van der Waals surface area (Å²) >= 11 is 0. The van der Waals surface area contributed by atoms with Crippen LogP contribution < -0.4 is 5.32 Å². The van der Waals surface area contributed by atoms with E-state index in [1.807, 2.05) is 0 Å². The van der Waals surface area contributed by atoms with Gasteiger partial charge in [-0.2, -0.15) is 0 Å². The lowest BCUT2D eigenvalue weighted by Gasteiger charge is -2.38. The van der Waals surface area contributed by atoms with Crippen LogP contribution in [0.1, 0.15) is 59.3 Å². The summed E-state index contributed by atoms with van der Waals surface area (Å²) in [7, 11) is -2.99. The lowest BCUT2D eigenvalue weighted by Crippen LogP contribution is -2.49. The Morgan fingerprint density at radius 1 is 1.05 bits per heavy atom. The van der Waals surface area contributed by atoms with Gasteiger partial charge >= 0.3 is 0 Å². The van der Waals surface area contributed by atoms with E-state index in [0.29, 0.717) is 30.6 Å². The largest absolute Gasteiger partial charge is 0.311 e. The molecule has 1 aliphatic heterocycles. The third kappa shape index (κ3) is 4.18. The third-order valence-corrected chi connectivity index (χ3v) is 6.90. The molecule has 118 valence electrons. The van der Waals surface area contributed by atoms with Crippen LogP contribution in [0.4, 0.5) is 0 Å². The zero-order chi connectivity index (χ0) is 14.8. The maximum absolute atomic E-state index is 11.8. The van der Waals surface area contributed by atoms with Gasteiger partial charge in [0.05, 0.1) is 5.75 Å². The molecule has 1 saturated carbocycles. The van der Waals surface area contributed by atoms with Crippen LogP contribution in [0.5, 0.6) is 0 Å². The fourth-order valence-corrected chi connectivity index (χ4v) is 4.51. The Kier molecular flexibility index (Phi) is 5.14. The molecule has 2 aliphatic rings. The van der Waals surface area contributed by atoms with E-state index >= 15 is 0 Å². The average molecular weight is 302 g/mol. The quantitative estimate of drug-likeness (QED) is 0.867. The van der Waals surface area contributed by atoms with E-state index in [9.17, 15) is 8.42 Å². The van der Waals surface area contributed by atoms with E-state index in [-0.39, 0.29) is 5.75 Å². The average Bonchev–Trinajstić information content (AvgIpc) is 2.42. The molecule has 0 aromatic heterocycles. The number of piperidine rings is 1. The van der Waals surface area contributed by atoms with Gasteiger partial charge in [-0.15, -0.1) is 0 Å². The van der Waals surface area contributed by atoms with E-state index in [1.165, 1.54) is 25.7 Å². The first-order valence-corrected chi connectivity index (χ1v) is 9.67.